The topological polar surface area (TPSA) is 60.9 Å². The SMILES string of the molecule is N#CC1=CN=C2N=NC=C2C1. The highest BCUT2D eigenvalue weighted by molar-refractivity contribution is 6.01. The molecule has 0 aliphatic carbocycles. The van der Waals surface area contributed by atoms with Gasteiger partial charge in [0.1, 0.15) is 0 Å². The fourth-order valence-electron chi connectivity index (χ4n) is 0.967. The van der Waals surface area contributed by atoms with Crippen molar-refractivity contribution in [2.45, 2.75) is 6.42 Å². The highest BCUT2D eigenvalue weighted by Crippen LogP contribution is 2.21. The van der Waals surface area contributed by atoms with Gasteiger partial charge in [0.2, 0.25) is 0 Å². The van der Waals surface area contributed by atoms with Crippen molar-refractivity contribution in [2.75, 3.05) is 0 Å². The molecule has 0 saturated heterocycles. The Morgan fingerprint density at radius 3 is 3.18 bits per heavy atom. The number of aliphatic imine (C=N–C) groups is 1. The summed E-state index contributed by atoms with van der Waals surface area (Å²) in [6.45, 7) is 0. The molecule has 11 heavy (non-hydrogen) atoms. The van der Waals surface area contributed by atoms with Gasteiger partial charge in [-0.25, -0.2) is 4.99 Å². The largest absolute Gasteiger partial charge is 0.234 e. The summed E-state index contributed by atoms with van der Waals surface area (Å²) in [6.07, 6.45) is 3.79. The van der Waals surface area contributed by atoms with Crippen LogP contribution in [0.25, 0.3) is 0 Å². The zero-order chi connectivity index (χ0) is 7.68. The average molecular weight is 144 g/mol. The van der Waals surface area contributed by atoms with Gasteiger partial charge in [0.25, 0.3) is 0 Å². The monoisotopic (exact) mass is 144 g/mol. The Bertz CT molecular complexity index is 351. The van der Waals surface area contributed by atoms with E-state index in [1.54, 1.807) is 6.20 Å². The van der Waals surface area contributed by atoms with Crippen molar-refractivity contribution in [1.82, 2.24) is 0 Å². The molecule has 4 heteroatoms. The van der Waals surface area contributed by atoms with Crippen LogP contribution >= 0.6 is 0 Å². The van der Waals surface area contributed by atoms with Gasteiger partial charge in [0.15, 0.2) is 5.84 Å². The van der Waals surface area contributed by atoms with Gasteiger partial charge in [0.05, 0.1) is 17.8 Å². The number of amidine groups is 1. The van der Waals surface area contributed by atoms with Crippen LogP contribution in [0.5, 0.6) is 0 Å². The minimum Gasteiger partial charge on any atom is -0.234 e. The summed E-state index contributed by atoms with van der Waals surface area (Å²) in [5, 5.41) is 16.0. The first-order valence-electron chi connectivity index (χ1n) is 3.17. The number of fused-ring (bicyclic) bond motifs is 1. The van der Waals surface area contributed by atoms with Crippen molar-refractivity contribution in [2.24, 2.45) is 15.2 Å². The second-order valence-corrected chi connectivity index (χ2v) is 2.27. The molecule has 0 atom stereocenters. The van der Waals surface area contributed by atoms with E-state index in [-0.39, 0.29) is 0 Å². The van der Waals surface area contributed by atoms with Crippen molar-refractivity contribution in [3.8, 4) is 6.07 Å². The van der Waals surface area contributed by atoms with Crippen molar-refractivity contribution >= 4 is 5.84 Å². The molecule has 2 heterocycles. The molecule has 4 nitrogen and oxygen atoms in total. The Hall–Kier alpha value is -1.76. The van der Waals surface area contributed by atoms with Crippen molar-refractivity contribution in [3.63, 3.8) is 0 Å². The Balaban J connectivity index is 2.39. The first-order valence-corrected chi connectivity index (χ1v) is 3.17. The molecular formula is C7H4N4. The molecular weight excluding hydrogens is 140 g/mol. The van der Waals surface area contributed by atoms with E-state index in [1.807, 2.05) is 6.07 Å². The van der Waals surface area contributed by atoms with Crippen LogP contribution in [0.3, 0.4) is 0 Å². The highest BCUT2D eigenvalue weighted by Gasteiger charge is 2.16. The Kier molecular flexibility index (Phi) is 1.16. The van der Waals surface area contributed by atoms with E-state index in [2.05, 4.69) is 15.2 Å². The average Bonchev–Trinajstić information content (AvgIpc) is 2.50. The van der Waals surface area contributed by atoms with Gasteiger partial charge in [-0.05, 0) is 0 Å². The third-order valence-corrected chi connectivity index (χ3v) is 1.52. The van der Waals surface area contributed by atoms with E-state index < -0.39 is 0 Å². The van der Waals surface area contributed by atoms with Gasteiger partial charge in [-0.2, -0.15) is 10.4 Å². The molecule has 0 spiro atoms. The smallest absolute Gasteiger partial charge is 0.179 e. The lowest BCUT2D eigenvalue weighted by molar-refractivity contribution is 1.17. The summed E-state index contributed by atoms with van der Waals surface area (Å²) in [5.74, 6) is 0.643. The summed E-state index contributed by atoms with van der Waals surface area (Å²) in [5.41, 5.74) is 1.59. The van der Waals surface area contributed by atoms with Crippen LogP contribution in [-0.4, -0.2) is 5.84 Å². The molecule has 0 aromatic rings. The number of rotatable bonds is 0. The fourth-order valence-corrected chi connectivity index (χ4v) is 0.967. The van der Waals surface area contributed by atoms with E-state index in [0.717, 1.165) is 5.57 Å². The van der Waals surface area contributed by atoms with Crippen LogP contribution in [0.15, 0.2) is 38.8 Å². The molecule has 0 aromatic carbocycles. The highest BCUT2D eigenvalue weighted by atomic mass is 15.2. The van der Waals surface area contributed by atoms with Gasteiger partial charge >= 0.3 is 0 Å². The van der Waals surface area contributed by atoms with Gasteiger partial charge in [-0.15, -0.1) is 5.11 Å². The molecule has 0 aromatic heterocycles. The molecule has 2 aliphatic rings. The maximum Gasteiger partial charge on any atom is 0.179 e. The van der Waals surface area contributed by atoms with Crippen molar-refractivity contribution in [3.05, 3.63) is 23.5 Å². The normalized spacial score (nSPS) is 19.7. The van der Waals surface area contributed by atoms with E-state index >= 15 is 0 Å². The second-order valence-electron chi connectivity index (χ2n) is 2.27. The minimum atomic E-state index is 0.613. The maximum absolute atomic E-state index is 8.53. The third kappa shape index (κ3) is 0.867. The summed E-state index contributed by atoms with van der Waals surface area (Å²) in [4.78, 5) is 3.95. The van der Waals surface area contributed by atoms with E-state index in [4.69, 9.17) is 5.26 Å². The molecule has 0 bridgehead atoms. The van der Waals surface area contributed by atoms with E-state index in [1.165, 1.54) is 6.20 Å². The number of nitriles is 1. The lowest BCUT2D eigenvalue weighted by atomic mass is 10.1. The first-order chi connectivity index (χ1) is 5.40. The molecule has 0 N–H and O–H groups in total. The standard InChI is InChI=1S/C7H4N4/c8-2-5-1-6-4-10-11-7(6)9-3-5/h3-4H,1H2. The lowest BCUT2D eigenvalue weighted by Gasteiger charge is -2.03. The predicted octanol–water partition coefficient (Wildman–Crippen LogP) is 1.55. The number of hydrogen-bond acceptors (Lipinski definition) is 4. The van der Waals surface area contributed by atoms with Gasteiger partial charge in [0, 0.05) is 18.2 Å². The molecule has 2 aliphatic heterocycles. The fraction of sp³-hybridized carbons (Fsp3) is 0.143. The van der Waals surface area contributed by atoms with Crippen LogP contribution in [-0.2, 0) is 0 Å². The predicted molar refractivity (Wildman–Crippen MR) is 38.7 cm³/mol. The Morgan fingerprint density at radius 1 is 1.45 bits per heavy atom. The van der Waals surface area contributed by atoms with Gasteiger partial charge < -0.3 is 0 Å². The van der Waals surface area contributed by atoms with Gasteiger partial charge in [-0.1, -0.05) is 0 Å². The number of allylic oxidation sites excluding steroid dienone is 1. The van der Waals surface area contributed by atoms with E-state index in [9.17, 15) is 0 Å². The minimum absolute atomic E-state index is 0.613. The Morgan fingerprint density at radius 2 is 2.36 bits per heavy atom. The summed E-state index contributed by atoms with van der Waals surface area (Å²) >= 11 is 0. The van der Waals surface area contributed by atoms with Crippen LogP contribution in [0.1, 0.15) is 6.42 Å². The van der Waals surface area contributed by atoms with Crippen molar-refractivity contribution < 1.29 is 0 Å². The lowest BCUT2D eigenvalue weighted by Crippen LogP contribution is -2.00. The number of nitrogens with zero attached hydrogens (tertiary/aromatic N) is 4. The number of hydrogen-bond donors (Lipinski definition) is 0. The maximum atomic E-state index is 8.53. The molecule has 2 rings (SSSR count). The van der Waals surface area contributed by atoms with Crippen LogP contribution in [0.4, 0.5) is 0 Å². The summed E-state index contributed by atoms with van der Waals surface area (Å²) in [6, 6.07) is 2.05. The van der Waals surface area contributed by atoms with E-state index in [0.29, 0.717) is 17.8 Å². The molecule has 0 unspecified atom stereocenters. The Labute approximate surface area is 63.3 Å². The summed E-state index contributed by atoms with van der Waals surface area (Å²) < 4.78 is 0. The van der Waals surface area contributed by atoms with Crippen LogP contribution < -0.4 is 0 Å². The molecule has 0 fully saturated rings. The molecule has 0 saturated carbocycles. The van der Waals surface area contributed by atoms with Crippen LogP contribution in [0.2, 0.25) is 0 Å². The second kappa shape index (κ2) is 2.13. The third-order valence-electron chi connectivity index (χ3n) is 1.52. The molecule has 52 valence electrons. The van der Waals surface area contributed by atoms with Gasteiger partial charge in [-0.3, -0.25) is 0 Å². The summed E-state index contributed by atoms with van der Waals surface area (Å²) in [7, 11) is 0. The van der Waals surface area contributed by atoms with Crippen molar-refractivity contribution in [1.29, 1.82) is 5.26 Å². The van der Waals surface area contributed by atoms with Crippen LogP contribution in [0, 0.1) is 11.3 Å². The quantitative estimate of drug-likeness (QED) is 0.508. The number of azo groups is 1. The first kappa shape index (κ1) is 5.98. The molecule has 0 amide bonds. The zero-order valence-corrected chi connectivity index (χ0v) is 5.65. The zero-order valence-electron chi connectivity index (χ0n) is 5.65. The molecule has 0 radical (unpaired) electrons.